The zero-order valence-electron chi connectivity index (χ0n) is 16.7. The molecule has 32 heavy (non-hydrogen) atoms. The molecule has 0 spiro atoms. The highest BCUT2D eigenvalue weighted by Gasteiger charge is 2.26. The van der Waals surface area contributed by atoms with Gasteiger partial charge in [0.05, 0.1) is 11.5 Å². The standard InChI is InChI=1S/C20H21FN4O7/c21-14-7-6-13(9-17(14)25(30)31)8-15(18(22)27)23-19(28)16(10-26)24-20(29)32-11-12-4-2-1-3-5-12/h1-7,9,15-16,26H,8,10-11H2,(H2,22,27)(H,23,28)(H,24,29)/t15-,16-/m0/s1. The van der Waals surface area contributed by atoms with E-state index in [1.807, 2.05) is 0 Å². The number of nitrogens with two attached hydrogens (primary N) is 1. The van der Waals surface area contributed by atoms with Crippen LogP contribution in [0.2, 0.25) is 0 Å². The van der Waals surface area contributed by atoms with Gasteiger partial charge in [-0.05, 0) is 17.2 Å². The van der Waals surface area contributed by atoms with Gasteiger partial charge in [0.15, 0.2) is 0 Å². The molecule has 5 N–H and O–H groups in total. The van der Waals surface area contributed by atoms with E-state index < -0.39 is 53.0 Å². The van der Waals surface area contributed by atoms with Gasteiger partial charge in [-0.2, -0.15) is 4.39 Å². The summed E-state index contributed by atoms with van der Waals surface area (Å²) in [6.45, 7) is -0.876. The number of carbonyl (C=O) groups is 3. The lowest BCUT2D eigenvalue weighted by molar-refractivity contribution is -0.387. The lowest BCUT2D eigenvalue weighted by Gasteiger charge is -2.20. The number of alkyl carbamates (subject to hydrolysis) is 1. The van der Waals surface area contributed by atoms with Crippen LogP contribution in [0.5, 0.6) is 0 Å². The van der Waals surface area contributed by atoms with Crippen LogP contribution < -0.4 is 16.4 Å². The summed E-state index contributed by atoms with van der Waals surface area (Å²) >= 11 is 0. The van der Waals surface area contributed by atoms with Gasteiger partial charge in [0.2, 0.25) is 17.6 Å². The SMILES string of the molecule is NC(=O)[C@H](Cc1ccc(F)c([N+](=O)[O-])c1)NC(=O)[C@H](CO)NC(=O)OCc1ccccc1. The fourth-order valence-corrected chi connectivity index (χ4v) is 2.66. The van der Waals surface area contributed by atoms with Crippen molar-refractivity contribution in [3.05, 3.63) is 75.6 Å². The number of aliphatic hydroxyl groups is 1. The van der Waals surface area contributed by atoms with Crippen LogP contribution in [-0.2, 0) is 27.4 Å². The van der Waals surface area contributed by atoms with Crippen molar-refractivity contribution in [2.75, 3.05) is 6.61 Å². The second kappa shape index (κ2) is 11.4. The van der Waals surface area contributed by atoms with E-state index in [9.17, 15) is 34.0 Å². The molecule has 0 unspecified atom stereocenters. The third-order valence-corrected chi connectivity index (χ3v) is 4.31. The Morgan fingerprint density at radius 3 is 2.38 bits per heavy atom. The highest BCUT2D eigenvalue weighted by molar-refractivity contribution is 5.91. The van der Waals surface area contributed by atoms with E-state index >= 15 is 0 Å². The van der Waals surface area contributed by atoms with Gasteiger partial charge in [-0.1, -0.05) is 36.4 Å². The largest absolute Gasteiger partial charge is 0.445 e. The number of hydrogen-bond acceptors (Lipinski definition) is 7. The summed E-state index contributed by atoms with van der Waals surface area (Å²) in [4.78, 5) is 46.0. The van der Waals surface area contributed by atoms with E-state index in [1.54, 1.807) is 30.3 Å². The molecule has 0 radical (unpaired) electrons. The lowest BCUT2D eigenvalue weighted by Crippen LogP contribution is -2.54. The Balaban J connectivity index is 1.99. The normalized spacial score (nSPS) is 12.3. The van der Waals surface area contributed by atoms with Crippen LogP contribution in [0.15, 0.2) is 48.5 Å². The molecule has 0 aromatic heterocycles. The molecule has 0 aliphatic heterocycles. The molecule has 3 amide bonds. The number of ether oxygens (including phenoxy) is 1. The van der Waals surface area contributed by atoms with Crippen molar-refractivity contribution in [2.45, 2.75) is 25.1 Å². The first-order valence-electron chi connectivity index (χ1n) is 9.31. The summed E-state index contributed by atoms with van der Waals surface area (Å²) in [5.41, 5.74) is 5.35. The van der Waals surface area contributed by atoms with Crippen LogP contribution in [0.3, 0.4) is 0 Å². The molecule has 2 aromatic rings. The van der Waals surface area contributed by atoms with Crippen molar-refractivity contribution < 1.29 is 33.5 Å². The Kier molecular flexibility index (Phi) is 8.60. The van der Waals surface area contributed by atoms with E-state index in [-0.39, 0.29) is 18.6 Å². The van der Waals surface area contributed by atoms with Gasteiger partial charge < -0.3 is 26.2 Å². The number of nitrogens with one attached hydrogen (secondary N) is 2. The number of amides is 3. The van der Waals surface area contributed by atoms with Crippen molar-refractivity contribution in [1.29, 1.82) is 0 Å². The quantitative estimate of drug-likeness (QED) is 0.303. The summed E-state index contributed by atoms with van der Waals surface area (Å²) in [6.07, 6.45) is -1.26. The average molecular weight is 448 g/mol. The summed E-state index contributed by atoms with van der Waals surface area (Å²) in [5.74, 6) is -2.98. The molecule has 2 aromatic carbocycles. The Hall–Kier alpha value is -4.06. The van der Waals surface area contributed by atoms with Gasteiger partial charge in [0, 0.05) is 12.5 Å². The van der Waals surface area contributed by atoms with Crippen LogP contribution in [0.25, 0.3) is 0 Å². The molecule has 0 fully saturated rings. The zero-order valence-corrected chi connectivity index (χ0v) is 16.7. The number of halogens is 1. The van der Waals surface area contributed by atoms with Gasteiger partial charge in [-0.3, -0.25) is 19.7 Å². The van der Waals surface area contributed by atoms with Crippen LogP contribution in [0.1, 0.15) is 11.1 Å². The fraction of sp³-hybridized carbons (Fsp3) is 0.250. The number of aliphatic hydroxyl groups excluding tert-OH is 1. The molecule has 0 saturated carbocycles. The topological polar surface area (TPSA) is 174 Å². The minimum atomic E-state index is -1.46. The second-order valence-electron chi connectivity index (χ2n) is 6.65. The van der Waals surface area contributed by atoms with Crippen LogP contribution in [0, 0.1) is 15.9 Å². The smallest absolute Gasteiger partial charge is 0.408 e. The van der Waals surface area contributed by atoms with Crippen molar-refractivity contribution in [3.63, 3.8) is 0 Å². The maximum atomic E-state index is 13.5. The maximum Gasteiger partial charge on any atom is 0.408 e. The number of nitro groups is 1. The van der Waals surface area contributed by atoms with Crippen LogP contribution >= 0.6 is 0 Å². The first kappa shape index (κ1) is 24.2. The molecular formula is C20H21FN4O7. The molecular weight excluding hydrogens is 427 g/mol. The molecule has 0 saturated heterocycles. The lowest BCUT2D eigenvalue weighted by atomic mass is 10.0. The van der Waals surface area contributed by atoms with Gasteiger partial charge >= 0.3 is 11.8 Å². The van der Waals surface area contributed by atoms with Gasteiger partial charge in [0.1, 0.15) is 18.7 Å². The van der Waals surface area contributed by atoms with Crippen molar-refractivity contribution >= 4 is 23.6 Å². The van der Waals surface area contributed by atoms with E-state index in [2.05, 4.69) is 10.6 Å². The Labute approximate surface area is 181 Å². The average Bonchev–Trinajstić information content (AvgIpc) is 2.77. The third-order valence-electron chi connectivity index (χ3n) is 4.31. The van der Waals surface area contributed by atoms with Crippen molar-refractivity contribution in [2.24, 2.45) is 5.73 Å². The summed E-state index contributed by atoms with van der Waals surface area (Å²) in [6, 6.07) is 8.91. The number of rotatable bonds is 10. The first-order valence-corrected chi connectivity index (χ1v) is 9.31. The number of hydrogen-bond donors (Lipinski definition) is 4. The van der Waals surface area contributed by atoms with Gasteiger partial charge in [-0.15, -0.1) is 0 Å². The number of benzene rings is 2. The molecule has 170 valence electrons. The van der Waals surface area contributed by atoms with Gasteiger partial charge in [0.25, 0.3) is 0 Å². The second-order valence-corrected chi connectivity index (χ2v) is 6.65. The van der Waals surface area contributed by atoms with E-state index in [4.69, 9.17) is 10.5 Å². The summed E-state index contributed by atoms with van der Waals surface area (Å²) < 4.78 is 18.5. The Morgan fingerprint density at radius 1 is 1.09 bits per heavy atom. The van der Waals surface area contributed by atoms with Crippen molar-refractivity contribution in [1.82, 2.24) is 10.6 Å². The fourth-order valence-electron chi connectivity index (χ4n) is 2.66. The number of nitrogens with zero attached hydrogens (tertiary/aromatic N) is 1. The number of carbonyl (C=O) groups excluding carboxylic acids is 3. The highest BCUT2D eigenvalue weighted by atomic mass is 19.1. The molecule has 0 aliphatic rings. The molecule has 12 heteroatoms. The van der Waals surface area contributed by atoms with Crippen LogP contribution in [-0.4, -0.2) is 46.6 Å². The summed E-state index contributed by atoms with van der Waals surface area (Å²) in [7, 11) is 0. The number of primary amides is 1. The van der Waals surface area contributed by atoms with Crippen LogP contribution in [0.4, 0.5) is 14.9 Å². The monoisotopic (exact) mass is 448 g/mol. The highest BCUT2D eigenvalue weighted by Crippen LogP contribution is 2.19. The molecule has 2 rings (SSSR count). The van der Waals surface area contributed by atoms with E-state index in [0.29, 0.717) is 5.56 Å². The minimum absolute atomic E-state index is 0.0697. The van der Waals surface area contributed by atoms with Crippen molar-refractivity contribution in [3.8, 4) is 0 Å². The maximum absolute atomic E-state index is 13.5. The molecule has 11 nitrogen and oxygen atoms in total. The Morgan fingerprint density at radius 2 is 1.78 bits per heavy atom. The van der Waals surface area contributed by atoms with E-state index in [1.165, 1.54) is 6.07 Å². The molecule has 0 aliphatic carbocycles. The van der Waals surface area contributed by atoms with E-state index in [0.717, 1.165) is 12.1 Å². The Bertz CT molecular complexity index is 987. The number of nitro benzene ring substituents is 1. The minimum Gasteiger partial charge on any atom is -0.445 e. The molecule has 0 bridgehead atoms. The first-order chi connectivity index (χ1) is 15.2. The molecule has 2 atom stereocenters. The summed E-state index contributed by atoms with van der Waals surface area (Å²) in [5, 5.41) is 24.7. The molecule has 0 heterocycles. The van der Waals surface area contributed by atoms with Gasteiger partial charge in [-0.25, -0.2) is 4.79 Å². The predicted molar refractivity (Wildman–Crippen MR) is 109 cm³/mol. The predicted octanol–water partition coefficient (Wildman–Crippen LogP) is 0.534. The third kappa shape index (κ3) is 7.02. The zero-order chi connectivity index (χ0) is 23.7.